The molecule has 5 rings (SSSR count). The third-order valence-electron chi connectivity index (χ3n) is 8.75. The Morgan fingerprint density at radius 3 is 2.48 bits per heavy atom. The fourth-order valence-electron chi connectivity index (χ4n) is 6.43. The number of unbranched alkanes of at least 4 members (excludes halogenated alkanes) is 1. The van der Waals surface area contributed by atoms with Crippen molar-refractivity contribution in [1.29, 1.82) is 0 Å². The zero-order chi connectivity index (χ0) is 28.1. The van der Waals surface area contributed by atoms with Gasteiger partial charge >= 0.3 is 0 Å². The molecule has 0 saturated carbocycles. The smallest absolute Gasteiger partial charge is 0.288 e. The van der Waals surface area contributed by atoms with Crippen molar-refractivity contribution < 1.29 is 19.4 Å². The van der Waals surface area contributed by atoms with Crippen LogP contribution in [0.1, 0.15) is 68.5 Å². The van der Waals surface area contributed by atoms with Crippen LogP contribution in [0.5, 0.6) is 0 Å². The first-order valence-electron chi connectivity index (χ1n) is 15.0. The van der Waals surface area contributed by atoms with Gasteiger partial charge in [-0.15, -0.1) is 0 Å². The van der Waals surface area contributed by atoms with Gasteiger partial charge in [0.05, 0.1) is 12.3 Å². The summed E-state index contributed by atoms with van der Waals surface area (Å²) in [6.07, 6.45) is 8.80. The Kier molecular flexibility index (Phi) is 9.44. The summed E-state index contributed by atoms with van der Waals surface area (Å²) in [7, 11) is 1.89. The van der Waals surface area contributed by atoms with E-state index in [4.69, 9.17) is 14.6 Å². The van der Waals surface area contributed by atoms with Gasteiger partial charge in [-0.05, 0) is 76.7 Å². The maximum absolute atomic E-state index is 13.8. The fourth-order valence-corrected chi connectivity index (χ4v) is 6.43. The Bertz CT molecular complexity index is 1220. The normalized spacial score (nSPS) is 22.7. The van der Waals surface area contributed by atoms with Crippen molar-refractivity contribution in [2.75, 3.05) is 39.4 Å². The van der Waals surface area contributed by atoms with Gasteiger partial charge in [0.25, 0.3) is 11.5 Å². The third kappa shape index (κ3) is 6.21. The van der Waals surface area contributed by atoms with Gasteiger partial charge in [-0.25, -0.2) is 4.68 Å². The third-order valence-corrected chi connectivity index (χ3v) is 8.75. The molecule has 4 heterocycles. The lowest BCUT2D eigenvalue weighted by molar-refractivity contribution is -0.153. The van der Waals surface area contributed by atoms with Crippen molar-refractivity contribution in [2.45, 2.75) is 76.5 Å². The van der Waals surface area contributed by atoms with E-state index in [0.29, 0.717) is 50.6 Å². The minimum absolute atomic E-state index is 0.0949. The molecule has 1 aromatic heterocycles. The summed E-state index contributed by atoms with van der Waals surface area (Å²) < 4.78 is 15.7. The molecule has 1 N–H and O–H groups in total. The first kappa shape index (κ1) is 28.6. The zero-order valence-corrected chi connectivity index (χ0v) is 24.0. The Morgan fingerprint density at radius 1 is 1.05 bits per heavy atom. The van der Waals surface area contributed by atoms with E-state index in [1.54, 1.807) is 4.68 Å². The number of likely N-dealkylation sites (tertiary alicyclic amines) is 2. The number of amides is 1. The highest BCUT2D eigenvalue weighted by Crippen LogP contribution is 2.33. The van der Waals surface area contributed by atoms with E-state index in [2.05, 4.69) is 4.90 Å². The molecule has 40 heavy (non-hydrogen) atoms. The predicted octanol–water partition coefficient (Wildman–Crippen LogP) is 3.46. The average molecular weight is 553 g/mol. The monoisotopic (exact) mass is 552 g/mol. The Balaban J connectivity index is 1.37. The molecule has 2 saturated heterocycles. The number of piperidine rings is 2. The molecule has 0 radical (unpaired) electrons. The van der Waals surface area contributed by atoms with Crippen LogP contribution in [0.15, 0.2) is 47.0 Å². The molecule has 3 aliphatic rings. The number of para-hydroxylation sites is 1. The van der Waals surface area contributed by atoms with Crippen molar-refractivity contribution >= 4 is 5.91 Å². The van der Waals surface area contributed by atoms with E-state index in [-0.39, 0.29) is 29.8 Å². The molecule has 0 spiro atoms. The van der Waals surface area contributed by atoms with Crippen molar-refractivity contribution in [3.63, 3.8) is 0 Å². The van der Waals surface area contributed by atoms with Crippen molar-refractivity contribution in [1.82, 2.24) is 19.2 Å². The summed E-state index contributed by atoms with van der Waals surface area (Å²) in [4.78, 5) is 32.0. The molecule has 2 aromatic rings. The topological polar surface area (TPSA) is 89.2 Å². The van der Waals surface area contributed by atoms with Crippen LogP contribution in [0.25, 0.3) is 5.69 Å². The highest BCUT2D eigenvalue weighted by Gasteiger charge is 2.36. The summed E-state index contributed by atoms with van der Waals surface area (Å²) in [5.41, 5.74) is 2.21. The van der Waals surface area contributed by atoms with Gasteiger partial charge in [0.1, 0.15) is 0 Å². The minimum Gasteiger partial charge on any atom is -0.459 e. The number of carbonyl (C=O) groups excluding carboxylic acids is 1. The molecule has 0 aliphatic carbocycles. The summed E-state index contributed by atoms with van der Waals surface area (Å²) in [6, 6.07) is 10.1. The first-order valence-corrected chi connectivity index (χ1v) is 15.0. The molecule has 2 atom stereocenters. The van der Waals surface area contributed by atoms with Crippen LogP contribution in [-0.4, -0.2) is 81.9 Å². The predicted molar refractivity (Wildman–Crippen MR) is 153 cm³/mol. The van der Waals surface area contributed by atoms with E-state index >= 15 is 0 Å². The molecule has 2 fully saturated rings. The lowest BCUT2D eigenvalue weighted by Gasteiger charge is -2.40. The second kappa shape index (κ2) is 13.2. The molecule has 0 bridgehead atoms. The van der Waals surface area contributed by atoms with Crippen molar-refractivity contribution in [3.8, 4) is 5.69 Å². The molecule has 3 aliphatic heterocycles. The standard InChI is InChI=1S/C31H44N4O5/c1-23-29(31(38)35(32(23)2)26-11-5-3-6-12-26)24-21-27(40-28(22-24)39-20-10-9-19-36)30(37)34-17-13-25(14-18-34)33-15-7-4-8-16-33/h3,5-6,11-12,21,24-25,28,36H,4,7-10,13-20,22H2,1-2H3/t24-,28+/m0/s1. The summed E-state index contributed by atoms with van der Waals surface area (Å²) in [5.74, 6) is -0.165. The number of allylic oxidation sites excluding steroid dienone is 1. The molecule has 1 amide bonds. The van der Waals surface area contributed by atoms with Crippen molar-refractivity contribution in [2.24, 2.45) is 7.05 Å². The largest absolute Gasteiger partial charge is 0.459 e. The van der Waals surface area contributed by atoms with Gasteiger partial charge in [0, 0.05) is 56.4 Å². The number of benzene rings is 1. The molecular formula is C31H44N4O5. The van der Waals surface area contributed by atoms with Crippen LogP contribution in [0, 0.1) is 6.92 Å². The highest BCUT2D eigenvalue weighted by molar-refractivity contribution is 5.92. The van der Waals surface area contributed by atoms with Gasteiger partial charge in [-0.2, -0.15) is 0 Å². The molecular weight excluding hydrogens is 508 g/mol. The summed E-state index contributed by atoms with van der Waals surface area (Å²) >= 11 is 0. The second-order valence-electron chi connectivity index (χ2n) is 11.3. The quantitative estimate of drug-likeness (QED) is 0.480. The number of aromatic nitrogens is 2. The number of hydrogen-bond donors (Lipinski definition) is 1. The van der Waals surface area contributed by atoms with Crippen LogP contribution < -0.4 is 5.56 Å². The maximum atomic E-state index is 13.8. The second-order valence-corrected chi connectivity index (χ2v) is 11.3. The van der Waals surface area contributed by atoms with Gasteiger partial charge in [0.15, 0.2) is 5.76 Å². The lowest BCUT2D eigenvalue weighted by atomic mass is 9.92. The van der Waals surface area contributed by atoms with E-state index in [1.165, 1.54) is 32.4 Å². The number of hydrogen-bond acceptors (Lipinski definition) is 6. The van der Waals surface area contributed by atoms with Gasteiger partial charge < -0.3 is 24.4 Å². The molecule has 0 unspecified atom stereocenters. The zero-order valence-electron chi connectivity index (χ0n) is 24.0. The van der Waals surface area contributed by atoms with Crippen LogP contribution in [-0.2, 0) is 21.3 Å². The van der Waals surface area contributed by atoms with Gasteiger partial charge in [-0.1, -0.05) is 24.6 Å². The summed E-state index contributed by atoms with van der Waals surface area (Å²) in [5, 5.41) is 9.15. The van der Waals surface area contributed by atoms with Crippen LogP contribution in [0.3, 0.4) is 0 Å². The highest BCUT2D eigenvalue weighted by atomic mass is 16.7. The SMILES string of the molecule is Cc1c([C@H]2C=C(C(=O)N3CCC(N4CCCCC4)CC3)O[C@@H](OCCCCO)C2)c(=O)n(-c2ccccc2)n1C. The molecule has 9 heteroatoms. The Labute approximate surface area is 236 Å². The van der Waals surface area contributed by atoms with Crippen LogP contribution in [0.4, 0.5) is 0 Å². The van der Waals surface area contributed by atoms with Crippen LogP contribution >= 0.6 is 0 Å². The number of carbonyl (C=O) groups is 1. The van der Waals surface area contributed by atoms with E-state index in [1.807, 2.05) is 60.0 Å². The van der Waals surface area contributed by atoms with E-state index in [9.17, 15) is 9.59 Å². The number of rotatable bonds is 9. The number of aliphatic hydroxyl groups is 1. The van der Waals surface area contributed by atoms with Gasteiger partial charge in [0.2, 0.25) is 6.29 Å². The maximum Gasteiger partial charge on any atom is 0.288 e. The van der Waals surface area contributed by atoms with E-state index < -0.39 is 6.29 Å². The molecule has 9 nitrogen and oxygen atoms in total. The summed E-state index contributed by atoms with van der Waals surface area (Å²) in [6.45, 7) is 6.22. The number of aliphatic hydroxyl groups excluding tert-OH is 1. The molecule has 218 valence electrons. The Hall–Kier alpha value is -2.88. The van der Waals surface area contributed by atoms with Crippen molar-refractivity contribution in [3.05, 3.63) is 63.8 Å². The number of nitrogens with zero attached hydrogens (tertiary/aromatic N) is 4. The molecule has 1 aromatic carbocycles. The van der Waals surface area contributed by atoms with Crippen LogP contribution in [0.2, 0.25) is 0 Å². The first-order chi connectivity index (χ1) is 19.5. The van der Waals surface area contributed by atoms with E-state index in [0.717, 1.165) is 24.2 Å². The lowest BCUT2D eigenvalue weighted by Crippen LogP contribution is -2.49. The Morgan fingerprint density at radius 2 is 1.77 bits per heavy atom. The van der Waals surface area contributed by atoms with Gasteiger partial charge in [-0.3, -0.25) is 14.3 Å². The number of ether oxygens (including phenoxy) is 2. The average Bonchev–Trinajstić information content (AvgIpc) is 3.22. The fraction of sp³-hybridized carbons (Fsp3) is 0.613. The minimum atomic E-state index is -0.636.